The van der Waals surface area contributed by atoms with Crippen LogP contribution < -0.4 is 11.3 Å². The van der Waals surface area contributed by atoms with E-state index in [2.05, 4.69) is 5.43 Å². The summed E-state index contributed by atoms with van der Waals surface area (Å²) < 4.78 is 0. The van der Waals surface area contributed by atoms with E-state index in [1.807, 2.05) is 0 Å². The molecule has 0 aromatic carbocycles. The molecule has 0 saturated heterocycles. The Morgan fingerprint density at radius 3 is 2.38 bits per heavy atom. The maximum Gasteiger partial charge on any atom is 0.237 e. The fraction of sp³-hybridized carbons (Fsp3) is 0.750. The Morgan fingerprint density at radius 2 is 2.25 bits per heavy atom. The highest BCUT2D eigenvalue weighted by atomic mass is 16.2. The van der Waals surface area contributed by atoms with Gasteiger partial charge in [0.15, 0.2) is 0 Å². The first-order valence-electron chi connectivity index (χ1n) is 2.32. The average Bonchev–Trinajstić information content (AvgIpc) is 1.67. The zero-order valence-electron chi connectivity index (χ0n) is 5.14. The third-order valence-electron chi connectivity index (χ3n) is 0.752. The van der Waals surface area contributed by atoms with Gasteiger partial charge in [-0.25, -0.2) is 0 Å². The molecule has 0 aliphatic rings. The minimum absolute atomic E-state index is 0.0208. The highest BCUT2D eigenvalue weighted by molar-refractivity contribution is 5.77. The van der Waals surface area contributed by atoms with E-state index in [0.717, 1.165) is 0 Å². The molecule has 0 spiro atoms. The predicted octanol–water partition coefficient (Wildman–Crippen LogP) is -1.46. The van der Waals surface area contributed by atoms with E-state index < -0.39 is 0 Å². The molecule has 4 nitrogen and oxygen atoms in total. The molecule has 0 aromatic heterocycles. The van der Waals surface area contributed by atoms with Crippen molar-refractivity contribution in [3.63, 3.8) is 0 Å². The summed E-state index contributed by atoms with van der Waals surface area (Å²) in [5.74, 6) is 4.85. The van der Waals surface area contributed by atoms with Crippen LogP contribution in [0, 0.1) is 0 Å². The number of hydrazine groups is 1. The zero-order chi connectivity index (χ0) is 6.57. The monoisotopic (exact) mass is 117 g/mol. The standard InChI is InChI=1S/C4H11N3O/c1-7(2)4(8)3-6-5/h6H,3,5H2,1-2H3. The van der Waals surface area contributed by atoms with E-state index in [0.29, 0.717) is 0 Å². The number of nitrogens with zero attached hydrogens (tertiary/aromatic N) is 1. The van der Waals surface area contributed by atoms with Gasteiger partial charge in [-0.05, 0) is 0 Å². The van der Waals surface area contributed by atoms with Crippen molar-refractivity contribution in [2.75, 3.05) is 20.6 Å². The zero-order valence-corrected chi connectivity index (χ0v) is 5.14. The molecule has 4 heteroatoms. The molecule has 0 rings (SSSR count). The van der Waals surface area contributed by atoms with E-state index in [4.69, 9.17) is 5.84 Å². The molecule has 0 radical (unpaired) electrons. The number of amides is 1. The Kier molecular flexibility index (Phi) is 3.14. The van der Waals surface area contributed by atoms with Crippen LogP contribution in [0.25, 0.3) is 0 Å². The van der Waals surface area contributed by atoms with Gasteiger partial charge in [0.25, 0.3) is 0 Å². The third-order valence-corrected chi connectivity index (χ3v) is 0.752. The van der Waals surface area contributed by atoms with E-state index in [1.165, 1.54) is 4.90 Å². The summed E-state index contributed by atoms with van der Waals surface area (Å²) in [5, 5.41) is 0. The van der Waals surface area contributed by atoms with Crippen molar-refractivity contribution in [1.82, 2.24) is 10.3 Å². The first kappa shape index (κ1) is 7.39. The van der Waals surface area contributed by atoms with Gasteiger partial charge in [-0.15, -0.1) is 0 Å². The van der Waals surface area contributed by atoms with Crippen molar-refractivity contribution in [2.24, 2.45) is 5.84 Å². The van der Waals surface area contributed by atoms with Gasteiger partial charge in [0.2, 0.25) is 5.91 Å². The Hall–Kier alpha value is -0.610. The molecule has 48 valence electrons. The number of likely N-dealkylation sites (N-methyl/N-ethyl adjacent to an activating group) is 1. The van der Waals surface area contributed by atoms with E-state index in [-0.39, 0.29) is 12.5 Å². The molecule has 0 bridgehead atoms. The molecule has 3 N–H and O–H groups in total. The van der Waals surface area contributed by atoms with Crippen LogP contribution >= 0.6 is 0 Å². The highest BCUT2D eigenvalue weighted by Gasteiger charge is 1.98. The Labute approximate surface area is 48.6 Å². The molecule has 0 aliphatic carbocycles. The SMILES string of the molecule is CN(C)C(=O)CNN. The maximum absolute atomic E-state index is 10.5. The Bertz CT molecular complexity index is 81.4. The van der Waals surface area contributed by atoms with Crippen LogP contribution in [0.2, 0.25) is 0 Å². The van der Waals surface area contributed by atoms with Gasteiger partial charge < -0.3 is 4.90 Å². The molecule has 0 aliphatic heterocycles. The molecule has 0 saturated carbocycles. The number of carbonyl (C=O) groups excluding carboxylic acids is 1. The van der Waals surface area contributed by atoms with Crippen LogP contribution in [0.5, 0.6) is 0 Å². The molecule has 0 atom stereocenters. The quantitative estimate of drug-likeness (QED) is 0.343. The molecular formula is C4H11N3O. The molecule has 0 fully saturated rings. The van der Waals surface area contributed by atoms with Crippen molar-refractivity contribution in [2.45, 2.75) is 0 Å². The van der Waals surface area contributed by atoms with E-state index in [1.54, 1.807) is 14.1 Å². The number of nitrogens with one attached hydrogen (secondary N) is 1. The largest absolute Gasteiger partial charge is 0.348 e. The van der Waals surface area contributed by atoms with Crippen LogP contribution in [0.4, 0.5) is 0 Å². The van der Waals surface area contributed by atoms with Gasteiger partial charge in [0.1, 0.15) is 0 Å². The number of carbonyl (C=O) groups is 1. The fourth-order valence-corrected chi connectivity index (χ4v) is 0.245. The van der Waals surface area contributed by atoms with Crippen LogP contribution in [0.15, 0.2) is 0 Å². The summed E-state index contributed by atoms with van der Waals surface area (Å²) >= 11 is 0. The lowest BCUT2D eigenvalue weighted by atomic mass is 10.6. The Balaban J connectivity index is 3.33. The van der Waals surface area contributed by atoms with Gasteiger partial charge in [0.05, 0.1) is 6.54 Å². The molecule has 0 heterocycles. The molecule has 8 heavy (non-hydrogen) atoms. The second kappa shape index (κ2) is 3.40. The summed E-state index contributed by atoms with van der Waals surface area (Å²) in [7, 11) is 3.36. The summed E-state index contributed by atoms with van der Waals surface area (Å²) in [4.78, 5) is 12.0. The van der Waals surface area contributed by atoms with Crippen LogP contribution in [0.3, 0.4) is 0 Å². The normalized spacial score (nSPS) is 8.88. The summed E-state index contributed by atoms with van der Waals surface area (Å²) in [6, 6.07) is 0. The minimum Gasteiger partial charge on any atom is -0.348 e. The third kappa shape index (κ3) is 2.54. The summed E-state index contributed by atoms with van der Waals surface area (Å²) in [6.45, 7) is 0.201. The first-order valence-corrected chi connectivity index (χ1v) is 2.32. The molecule has 1 amide bonds. The van der Waals surface area contributed by atoms with Crippen LogP contribution in [-0.2, 0) is 4.79 Å². The molecule has 0 unspecified atom stereocenters. The number of rotatable bonds is 2. The lowest BCUT2D eigenvalue weighted by Gasteiger charge is -2.07. The van der Waals surface area contributed by atoms with Crippen molar-refractivity contribution in [3.8, 4) is 0 Å². The summed E-state index contributed by atoms with van der Waals surface area (Å²) in [5.41, 5.74) is 2.26. The first-order chi connectivity index (χ1) is 3.68. The number of nitrogens with two attached hydrogens (primary N) is 1. The second-order valence-corrected chi connectivity index (χ2v) is 1.67. The topological polar surface area (TPSA) is 58.4 Å². The Morgan fingerprint density at radius 1 is 1.75 bits per heavy atom. The maximum atomic E-state index is 10.5. The molecular weight excluding hydrogens is 106 g/mol. The lowest BCUT2D eigenvalue weighted by molar-refractivity contribution is -0.127. The van der Waals surface area contributed by atoms with Crippen molar-refractivity contribution >= 4 is 5.91 Å². The van der Waals surface area contributed by atoms with Crippen LogP contribution in [0.1, 0.15) is 0 Å². The van der Waals surface area contributed by atoms with Gasteiger partial charge in [-0.1, -0.05) is 0 Å². The highest BCUT2D eigenvalue weighted by Crippen LogP contribution is 1.71. The van der Waals surface area contributed by atoms with Gasteiger partial charge in [-0.2, -0.15) is 0 Å². The minimum atomic E-state index is -0.0208. The van der Waals surface area contributed by atoms with Crippen LogP contribution in [-0.4, -0.2) is 31.4 Å². The van der Waals surface area contributed by atoms with Crippen molar-refractivity contribution in [3.05, 3.63) is 0 Å². The van der Waals surface area contributed by atoms with Gasteiger partial charge in [0, 0.05) is 14.1 Å². The number of hydrogen-bond acceptors (Lipinski definition) is 3. The van der Waals surface area contributed by atoms with E-state index in [9.17, 15) is 4.79 Å². The summed E-state index contributed by atoms with van der Waals surface area (Å²) in [6.07, 6.45) is 0. The lowest BCUT2D eigenvalue weighted by Crippen LogP contribution is -2.36. The van der Waals surface area contributed by atoms with Crippen molar-refractivity contribution in [1.29, 1.82) is 0 Å². The van der Waals surface area contributed by atoms with Gasteiger partial charge in [-0.3, -0.25) is 16.1 Å². The van der Waals surface area contributed by atoms with E-state index >= 15 is 0 Å². The van der Waals surface area contributed by atoms with Crippen molar-refractivity contribution < 1.29 is 4.79 Å². The fourth-order valence-electron chi connectivity index (χ4n) is 0.245. The average molecular weight is 117 g/mol. The predicted molar refractivity (Wildman–Crippen MR) is 30.9 cm³/mol. The molecule has 0 aromatic rings. The van der Waals surface area contributed by atoms with Gasteiger partial charge >= 0.3 is 0 Å². The smallest absolute Gasteiger partial charge is 0.237 e. The number of hydrogen-bond donors (Lipinski definition) is 2. The second-order valence-electron chi connectivity index (χ2n) is 1.67.